The van der Waals surface area contributed by atoms with Crippen LogP contribution in [0.4, 0.5) is 0 Å². The van der Waals surface area contributed by atoms with E-state index in [0.717, 1.165) is 19.4 Å². The van der Waals surface area contributed by atoms with Crippen molar-refractivity contribution in [2.24, 2.45) is 5.73 Å². The quantitative estimate of drug-likeness (QED) is 0.706. The summed E-state index contributed by atoms with van der Waals surface area (Å²) in [5.74, 6) is 0. The maximum absolute atomic E-state index is 5.40. The van der Waals surface area contributed by atoms with E-state index >= 15 is 0 Å². The lowest BCUT2D eigenvalue weighted by molar-refractivity contribution is 0.449. The Kier molecular flexibility index (Phi) is 3.11. The second kappa shape index (κ2) is 4.13. The Labute approximate surface area is 67.2 Å². The van der Waals surface area contributed by atoms with Crippen molar-refractivity contribution in [2.75, 3.05) is 6.54 Å². The zero-order valence-electron chi connectivity index (χ0n) is 6.90. The first-order chi connectivity index (χ1) is 5.34. The van der Waals surface area contributed by atoms with E-state index in [1.807, 2.05) is 16.9 Å². The van der Waals surface area contributed by atoms with Gasteiger partial charge in [0, 0.05) is 18.4 Å². The van der Waals surface area contributed by atoms with Gasteiger partial charge in [-0.1, -0.05) is 0 Å². The minimum atomic E-state index is 0.480. The molecule has 0 fully saturated rings. The molecule has 0 amide bonds. The van der Waals surface area contributed by atoms with Gasteiger partial charge in [-0.15, -0.1) is 0 Å². The van der Waals surface area contributed by atoms with Crippen molar-refractivity contribution < 1.29 is 0 Å². The highest BCUT2D eigenvalue weighted by molar-refractivity contribution is 4.80. The number of nitrogens with zero attached hydrogens (tertiary/aromatic N) is 2. The van der Waals surface area contributed by atoms with Crippen molar-refractivity contribution in [2.45, 2.75) is 25.8 Å². The number of hydrogen-bond acceptors (Lipinski definition) is 2. The fourth-order valence-corrected chi connectivity index (χ4v) is 1.09. The number of aromatic nitrogens is 2. The molecule has 2 N–H and O–H groups in total. The summed E-state index contributed by atoms with van der Waals surface area (Å²) < 4.78 is 1.97. The summed E-state index contributed by atoms with van der Waals surface area (Å²) >= 11 is 0. The van der Waals surface area contributed by atoms with Gasteiger partial charge in [-0.25, -0.2) is 0 Å². The van der Waals surface area contributed by atoms with E-state index in [2.05, 4.69) is 12.0 Å². The van der Waals surface area contributed by atoms with Crippen molar-refractivity contribution in [3.8, 4) is 0 Å². The van der Waals surface area contributed by atoms with Crippen molar-refractivity contribution in [3.63, 3.8) is 0 Å². The Hall–Kier alpha value is -0.830. The highest BCUT2D eigenvalue weighted by Gasteiger charge is 2.01. The molecule has 0 aliphatic heterocycles. The first-order valence-corrected chi connectivity index (χ1v) is 4.04. The van der Waals surface area contributed by atoms with Crippen molar-refractivity contribution in [1.29, 1.82) is 0 Å². The number of rotatable bonds is 4. The van der Waals surface area contributed by atoms with Gasteiger partial charge >= 0.3 is 0 Å². The van der Waals surface area contributed by atoms with Crippen molar-refractivity contribution in [1.82, 2.24) is 9.78 Å². The van der Waals surface area contributed by atoms with E-state index in [1.165, 1.54) is 0 Å². The molecular formula is C8H15N3. The number of hydrogen-bond donors (Lipinski definition) is 1. The molecule has 1 aromatic heterocycles. The average Bonchev–Trinajstić information content (AvgIpc) is 2.52. The van der Waals surface area contributed by atoms with Gasteiger partial charge in [-0.3, -0.25) is 4.68 Å². The Balaban J connectivity index is 2.36. The van der Waals surface area contributed by atoms with Crippen molar-refractivity contribution >= 4 is 0 Å². The first kappa shape index (κ1) is 8.27. The van der Waals surface area contributed by atoms with Gasteiger partial charge < -0.3 is 5.73 Å². The molecule has 1 rings (SSSR count). The van der Waals surface area contributed by atoms with Crippen LogP contribution in [0, 0.1) is 0 Å². The summed E-state index contributed by atoms with van der Waals surface area (Å²) in [4.78, 5) is 0. The van der Waals surface area contributed by atoms with E-state index in [0.29, 0.717) is 6.04 Å². The van der Waals surface area contributed by atoms with Gasteiger partial charge in [0.1, 0.15) is 0 Å². The van der Waals surface area contributed by atoms with Gasteiger partial charge in [-0.2, -0.15) is 5.10 Å². The summed E-state index contributed by atoms with van der Waals surface area (Å²) in [5, 5.41) is 4.14. The third-order valence-electron chi connectivity index (χ3n) is 1.80. The lowest BCUT2D eigenvalue weighted by Gasteiger charge is -2.10. The Morgan fingerprint density at radius 2 is 2.45 bits per heavy atom. The van der Waals surface area contributed by atoms with Crippen LogP contribution in [0.15, 0.2) is 18.5 Å². The zero-order chi connectivity index (χ0) is 8.10. The summed E-state index contributed by atoms with van der Waals surface area (Å²) in [6, 6.07) is 2.42. The molecule has 0 aliphatic carbocycles. The largest absolute Gasteiger partial charge is 0.330 e. The SMILES string of the molecule is CC(CCCN)n1cccn1. The third-order valence-corrected chi connectivity index (χ3v) is 1.80. The smallest absolute Gasteiger partial charge is 0.0491 e. The topological polar surface area (TPSA) is 43.8 Å². The summed E-state index contributed by atoms with van der Waals surface area (Å²) in [6.07, 6.45) is 5.97. The minimum absolute atomic E-state index is 0.480. The zero-order valence-corrected chi connectivity index (χ0v) is 6.90. The van der Waals surface area contributed by atoms with E-state index in [4.69, 9.17) is 5.73 Å². The van der Waals surface area contributed by atoms with E-state index in [9.17, 15) is 0 Å². The van der Waals surface area contributed by atoms with Gasteiger partial charge in [0.15, 0.2) is 0 Å². The molecule has 11 heavy (non-hydrogen) atoms. The normalized spacial score (nSPS) is 13.3. The molecule has 1 unspecified atom stereocenters. The molecule has 3 heteroatoms. The molecule has 0 spiro atoms. The maximum atomic E-state index is 5.40. The summed E-state index contributed by atoms with van der Waals surface area (Å²) in [7, 11) is 0. The van der Waals surface area contributed by atoms with E-state index in [-0.39, 0.29) is 0 Å². The fourth-order valence-electron chi connectivity index (χ4n) is 1.09. The van der Waals surface area contributed by atoms with Crippen LogP contribution >= 0.6 is 0 Å². The Morgan fingerprint density at radius 3 is 3.00 bits per heavy atom. The van der Waals surface area contributed by atoms with Crippen LogP contribution in [-0.4, -0.2) is 16.3 Å². The second-order valence-corrected chi connectivity index (χ2v) is 2.77. The lowest BCUT2D eigenvalue weighted by Crippen LogP contribution is -2.08. The molecule has 0 radical (unpaired) electrons. The highest BCUT2D eigenvalue weighted by atomic mass is 15.3. The van der Waals surface area contributed by atoms with Crippen LogP contribution in [0.25, 0.3) is 0 Å². The van der Waals surface area contributed by atoms with Crippen LogP contribution in [0.5, 0.6) is 0 Å². The highest BCUT2D eigenvalue weighted by Crippen LogP contribution is 2.09. The van der Waals surface area contributed by atoms with Gasteiger partial charge in [0.05, 0.1) is 0 Å². The monoisotopic (exact) mass is 153 g/mol. The van der Waals surface area contributed by atoms with Gasteiger partial charge in [0.25, 0.3) is 0 Å². The van der Waals surface area contributed by atoms with Crippen LogP contribution < -0.4 is 5.73 Å². The van der Waals surface area contributed by atoms with Gasteiger partial charge in [-0.05, 0) is 32.4 Å². The molecule has 0 saturated carbocycles. The average molecular weight is 153 g/mol. The Bertz CT molecular complexity index is 181. The van der Waals surface area contributed by atoms with E-state index in [1.54, 1.807) is 6.20 Å². The Morgan fingerprint density at radius 1 is 1.64 bits per heavy atom. The molecule has 1 aromatic rings. The molecule has 1 atom stereocenters. The predicted octanol–water partition coefficient (Wildman–Crippen LogP) is 1.18. The number of nitrogens with two attached hydrogens (primary N) is 1. The molecule has 0 bridgehead atoms. The predicted molar refractivity (Wildman–Crippen MR) is 45.2 cm³/mol. The van der Waals surface area contributed by atoms with Crippen LogP contribution in [0.2, 0.25) is 0 Å². The summed E-state index contributed by atoms with van der Waals surface area (Å²) in [5.41, 5.74) is 5.40. The van der Waals surface area contributed by atoms with Gasteiger partial charge in [0.2, 0.25) is 0 Å². The molecule has 0 saturated heterocycles. The molecule has 0 aliphatic rings. The fraction of sp³-hybridized carbons (Fsp3) is 0.625. The van der Waals surface area contributed by atoms with E-state index < -0.39 is 0 Å². The molecule has 62 valence electrons. The van der Waals surface area contributed by atoms with Crippen molar-refractivity contribution in [3.05, 3.63) is 18.5 Å². The molecule has 3 nitrogen and oxygen atoms in total. The van der Waals surface area contributed by atoms with Crippen LogP contribution in [0.1, 0.15) is 25.8 Å². The third kappa shape index (κ3) is 2.35. The molecule has 1 heterocycles. The maximum Gasteiger partial charge on any atom is 0.0491 e. The molecule has 0 aromatic carbocycles. The summed E-state index contributed by atoms with van der Waals surface area (Å²) in [6.45, 7) is 2.92. The first-order valence-electron chi connectivity index (χ1n) is 4.04. The van der Waals surface area contributed by atoms with Crippen LogP contribution in [-0.2, 0) is 0 Å². The standard InChI is InChI=1S/C8H15N3/c1-8(4-2-5-9)11-7-3-6-10-11/h3,6-8H,2,4-5,9H2,1H3. The minimum Gasteiger partial charge on any atom is -0.330 e. The molecular weight excluding hydrogens is 138 g/mol. The second-order valence-electron chi connectivity index (χ2n) is 2.77. The lowest BCUT2D eigenvalue weighted by atomic mass is 10.2. The van der Waals surface area contributed by atoms with Crippen LogP contribution in [0.3, 0.4) is 0 Å².